The summed E-state index contributed by atoms with van der Waals surface area (Å²) in [5.74, 6) is 0.000287. The van der Waals surface area contributed by atoms with Crippen LogP contribution in [-0.4, -0.2) is 28.7 Å². The van der Waals surface area contributed by atoms with Gasteiger partial charge in [-0.2, -0.15) is 10.2 Å². The molecule has 0 N–H and O–H groups in total. The first-order chi connectivity index (χ1) is 13.7. The second-order valence-electron chi connectivity index (χ2n) is 7.48. The van der Waals surface area contributed by atoms with Crippen molar-refractivity contribution in [2.24, 2.45) is 0 Å². The van der Waals surface area contributed by atoms with Crippen LogP contribution in [0.1, 0.15) is 22.6 Å². The number of hydrogen-bond acceptors (Lipinski definition) is 3. The molecule has 1 atom stereocenters. The predicted octanol–water partition coefficient (Wildman–Crippen LogP) is 5.01. The Balaban J connectivity index is 1.63. The summed E-state index contributed by atoms with van der Waals surface area (Å²) in [6, 6.07) is 20.7. The molecule has 0 saturated heterocycles. The van der Waals surface area contributed by atoms with E-state index in [-0.39, 0.29) is 11.7 Å². The minimum Gasteiger partial charge on any atom is -0.301 e. The number of hydrogen-bond donors (Lipinski definition) is 0. The molecule has 0 amide bonds. The Kier molecular flexibility index (Phi) is 4.14. The van der Waals surface area contributed by atoms with Crippen molar-refractivity contribution in [3.05, 3.63) is 95.6 Å². The van der Waals surface area contributed by atoms with Crippen LogP contribution in [0.15, 0.2) is 73.1 Å². The Hall–Kier alpha value is -3.11. The van der Waals surface area contributed by atoms with Crippen LogP contribution in [0, 0.1) is 5.82 Å². The standard InChI is InChI=1S/C24H20FN3/c1-28-14-22(18-7-6-16-4-2-3-5-17(16)12-18)21-9-8-20(24(25)23(21)15-28)19-10-11-26-27-13-19/h2-13,22H,14-15H2,1H3. The molecule has 0 spiro atoms. The molecule has 28 heavy (non-hydrogen) atoms. The molecule has 3 nitrogen and oxygen atoms in total. The van der Waals surface area contributed by atoms with Gasteiger partial charge in [-0.3, -0.25) is 0 Å². The van der Waals surface area contributed by atoms with Gasteiger partial charge in [0.1, 0.15) is 5.82 Å². The zero-order chi connectivity index (χ0) is 19.1. The van der Waals surface area contributed by atoms with Crippen LogP contribution < -0.4 is 0 Å². The van der Waals surface area contributed by atoms with Gasteiger partial charge in [0.2, 0.25) is 0 Å². The molecule has 138 valence electrons. The lowest BCUT2D eigenvalue weighted by Gasteiger charge is -2.33. The van der Waals surface area contributed by atoms with Gasteiger partial charge in [-0.05, 0) is 35.0 Å². The van der Waals surface area contributed by atoms with Crippen LogP contribution in [0.2, 0.25) is 0 Å². The molecule has 0 aliphatic carbocycles. The molecule has 0 radical (unpaired) electrons. The second kappa shape index (κ2) is 6.80. The fourth-order valence-corrected chi connectivity index (χ4v) is 4.25. The highest BCUT2D eigenvalue weighted by Gasteiger charge is 2.28. The number of rotatable bonds is 2. The van der Waals surface area contributed by atoms with E-state index in [2.05, 4.69) is 70.7 Å². The Labute approximate surface area is 163 Å². The molecule has 1 aliphatic rings. The minimum absolute atomic E-state index is 0.150. The normalized spacial score (nSPS) is 16.9. The van der Waals surface area contributed by atoms with Gasteiger partial charge in [0.05, 0.1) is 12.4 Å². The molecule has 1 unspecified atom stereocenters. The van der Waals surface area contributed by atoms with Gasteiger partial charge >= 0.3 is 0 Å². The van der Waals surface area contributed by atoms with Crippen molar-refractivity contribution in [3.8, 4) is 11.1 Å². The van der Waals surface area contributed by atoms with Gasteiger partial charge in [-0.15, -0.1) is 0 Å². The predicted molar refractivity (Wildman–Crippen MR) is 110 cm³/mol. The number of aromatic nitrogens is 2. The summed E-state index contributed by atoms with van der Waals surface area (Å²) in [5, 5.41) is 10.1. The Morgan fingerprint density at radius 3 is 2.64 bits per heavy atom. The van der Waals surface area contributed by atoms with E-state index in [4.69, 9.17) is 0 Å². The van der Waals surface area contributed by atoms with E-state index in [9.17, 15) is 0 Å². The van der Waals surface area contributed by atoms with Gasteiger partial charge in [-0.1, -0.05) is 54.6 Å². The lowest BCUT2D eigenvalue weighted by atomic mass is 9.82. The van der Waals surface area contributed by atoms with Crippen LogP contribution >= 0.6 is 0 Å². The average molecular weight is 369 g/mol. The molecule has 0 fully saturated rings. The minimum atomic E-state index is -0.150. The van der Waals surface area contributed by atoms with Gasteiger partial charge < -0.3 is 4.90 Å². The van der Waals surface area contributed by atoms with E-state index in [1.807, 2.05) is 6.07 Å². The smallest absolute Gasteiger partial charge is 0.135 e. The second-order valence-corrected chi connectivity index (χ2v) is 7.48. The Morgan fingerprint density at radius 2 is 1.82 bits per heavy atom. The highest BCUT2D eigenvalue weighted by atomic mass is 19.1. The van der Waals surface area contributed by atoms with Gasteiger partial charge in [0.25, 0.3) is 0 Å². The largest absolute Gasteiger partial charge is 0.301 e. The summed E-state index contributed by atoms with van der Waals surface area (Å²) in [7, 11) is 2.05. The summed E-state index contributed by atoms with van der Waals surface area (Å²) < 4.78 is 15.5. The number of halogens is 1. The van der Waals surface area contributed by atoms with Crippen molar-refractivity contribution < 1.29 is 4.39 Å². The first kappa shape index (κ1) is 17.0. The molecular weight excluding hydrogens is 349 g/mol. The van der Waals surface area contributed by atoms with E-state index < -0.39 is 0 Å². The Morgan fingerprint density at radius 1 is 0.964 bits per heavy atom. The van der Waals surface area contributed by atoms with Crippen molar-refractivity contribution in [1.82, 2.24) is 15.1 Å². The molecule has 3 aromatic carbocycles. The van der Waals surface area contributed by atoms with E-state index in [0.717, 1.165) is 23.2 Å². The van der Waals surface area contributed by atoms with Gasteiger partial charge in [0.15, 0.2) is 0 Å². The Bertz CT molecular complexity index is 1160. The molecule has 2 heterocycles. The highest BCUT2D eigenvalue weighted by molar-refractivity contribution is 5.83. The summed E-state index contributed by atoms with van der Waals surface area (Å²) in [6.07, 6.45) is 3.20. The highest BCUT2D eigenvalue weighted by Crippen LogP contribution is 2.38. The van der Waals surface area contributed by atoms with E-state index in [1.165, 1.54) is 16.3 Å². The summed E-state index contributed by atoms with van der Waals surface area (Å²) in [6.45, 7) is 1.48. The van der Waals surface area contributed by atoms with Crippen molar-refractivity contribution in [3.63, 3.8) is 0 Å². The third-order valence-electron chi connectivity index (χ3n) is 5.65. The monoisotopic (exact) mass is 369 g/mol. The first-order valence-corrected chi connectivity index (χ1v) is 9.46. The molecule has 0 bridgehead atoms. The maximum atomic E-state index is 15.5. The number of likely N-dealkylation sites (N-methyl/N-ethyl adjacent to an activating group) is 1. The number of nitrogens with zero attached hydrogens (tertiary/aromatic N) is 3. The molecule has 0 saturated carbocycles. The van der Waals surface area contributed by atoms with Crippen LogP contribution in [0.25, 0.3) is 21.9 Å². The molecular formula is C24H20FN3. The third kappa shape index (κ3) is 2.86. The fraction of sp³-hybridized carbons (Fsp3) is 0.167. The van der Waals surface area contributed by atoms with Crippen LogP contribution in [0.5, 0.6) is 0 Å². The maximum Gasteiger partial charge on any atom is 0.135 e. The summed E-state index contributed by atoms with van der Waals surface area (Å²) in [4.78, 5) is 2.19. The molecule has 1 aliphatic heterocycles. The molecule has 4 heteroatoms. The van der Waals surface area contributed by atoms with Crippen molar-refractivity contribution in [2.45, 2.75) is 12.5 Å². The quantitative estimate of drug-likeness (QED) is 0.497. The average Bonchev–Trinajstić information content (AvgIpc) is 2.74. The zero-order valence-corrected chi connectivity index (χ0v) is 15.6. The first-order valence-electron chi connectivity index (χ1n) is 9.46. The van der Waals surface area contributed by atoms with Crippen molar-refractivity contribution in [1.29, 1.82) is 0 Å². The van der Waals surface area contributed by atoms with Crippen molar-refractivity contribution in [2.75, 3.05) is 13.6 Å². The lowest BCUT2D eigenvalue weighted by Crippen LogP contribution is -2.31. The van der Waals surface area contributed by atoms with Crippen molar-refractivity contribution >= 4 is 10.8 Å². The topological polar surface area (TPSA) is 29.0 Å². The molecule has 1 aromatic heterocycles. The van der Waals surface area contributed by atoms with E-state index >= 15 is 4.39 Å². The molecule has 5 rings (SSSR count). The van der Waals surface area contributed by atoms with Crippen LogP contribution in [0.3, 0.4) is 0 Å². The summed E-state index contributed by atoms with van der Waals surface area (Å²) >= 11 is 0. The number of fused-ring (bicyclic) bond motifs is 2. The van der Waals surface area contributed by atoms with Crippen LogP contribution in [-0.2, 0) is 6.54 Å². The lowest BCUT2D eigenvalue weighted by molar-refractivity contribution is 0.289. The maximum absolute atomic E-state index is 15.5. The summed E-state index contributed by atoms with van der Waals surface area (Å²) in [5.41, 5.74) is 4.43. The van der Waals surface area contributed by atoms with E-state index in [0.29, 0.717) is 12.1 Å². The van der Waals surface area contributed by atoms with Crippen LogP contribution in [0.4, 0.5) is 4.39 Å². The fourth-order valence-electron chi connectivity index (χ4n) is 4.25. The SMILES string of the molecule is CN1Cc2c(ccc(-c3ccnnc3)c2F)C(c2ccc3ccccc3c2)C1. The van der Waals surface area contributed by atoms with Gasteiger partial charge in [-0.25, -0.2) is 4.39 Å². The third-order valence-corrected chi connectivity index (χ3v) is 5.65. The van der Waals surface area contributed by atoms with Gasteiger partial charge in [0, 0.05) is 35.7 Å². The number of benzene rings is 3. The zero-order valence-electron chi connectivity index (χ0n) is 15.6. The molecule has 4 aromatic rings. The van der Waals surface area contributed by atoms with E-state index in [1.54, 1.807) is 18.5 Å².